The average Bonchev–Trinajstić information content (AvgIpc) is 2.58. The largest absolute Gasteiger partial charge is 0.376 e. The first-order valence-corrected chi connectivity index (χ1v) is 6.45. The van der Waals surface area contributed by atoms with Gasteiger partial charge in [-0.2, -0.15) is 0 Å². The molecule has 0 bridgehead atoms. The van der Waals surface area contributed by atoms with Crippen molar-refractivity contribution in [1.29, 1.82) is 0 Å². The van der Waals surface area contributed by atoms with Crippen molar-refractivity contribution in [3.63, 3.8) is 0 Å². The predicted molar refractivity (Wildman–Crippen MR) is 62.9 cm³/mol. The molecule has 1 aliphatic carbocycles. The summed E-state index contributed by atoms with van der Waals surface area (Å²) in [6.07, 6.45) is 3.54. The first-order chi connectivity index (χ1) is 7.06. The van der Waals surface area contributed by atoms with Gasteiger partial charge < -0.3 is 9.64 Å². The maximum absolute atomic E-state index is 5.92. The van der Waals surface area contributed by atoms with Crippen LogP contribution in [0.3, 0.4) is 0 Å². The van der Waals surface area contributed by atoms with E-state index in [-0.39, 0.29) is 0 Å². The number of hydrogen-bond donors (Lipinski definition) is 0. The van der Waals surface area contributed by atoms with Crippen molar-refractivity contribution in [3.8, 4) is 0 Å². The van der Waals surface area contributed by atoms with E-state index in [1.807, 2.05) is 0 Å². The van der Waals surface area contributed by atoms with Crippen molar-refractivity contribution in [2.45, 2.75) is 58.8 Å². The number of ether oxygens (including phenoxy) is 1. The normalized spacial score (nSPS) is 36.8. The number of fused-ring (bicyclic) bond motifs is 1. The van der Waals surface area contributed by atoms with Crippen LogP contribution in [0.2, 0.25) is 0 Å². The van der Waals surface area contributed by atoms with Crippen LogP contribution in [0.25, 0.3) is 0 Å². The van der Waals surface area contributed by atoms with Gasteiger partial charge in [-0.1, -0.05) is 0 Å². The third-order valence-electron chi connectivity index (χ3n) is 3.93. The van der Waals surface area contributed by atoms with Gasteiger partial charge in [-0.3, -0.25) is 0 Å². The minimum atomic E-state index is 0.398. The fraction of sp³-hybridized carbons (Fsp3) is 1.00. The molecule has 0 spiro atoms. The molecule has 2 fully saturated rings. The lowest BCUT2D eigenvalue weighted by Gasteiger charge is -2.23. The first-order valence-electron chi connectivity index (χ1n) is 6.45. The zero-order valence-electron chi connectivity index (χ0n) is 10.6. The van der Waals surface area contributed by atoms with Gasteiger partial charge in [0, 0.05) is 19.1 Å². The summed E-state index contributed by atoms with van der Waals surface area (Å²) in [7, 11) is 0. The maximum atomic E-state index is 5.92. The summed E-state index contributed by atoms with van der Waals surface area (Å²) in [5, 5.41) is 0. The van der Waals surface area contributed by atoms with Gasteiger partial charge in [0.25, 0.3) is 0 Å². The fourth-order valence-corrected chi connectivity index (χ4v) is 3.20. The van der Waals surface area contributed by atoms with Gasteiger partial charge >= 0.3 is 0 Å². The van der Waals surface area contributed by atoms with Gasteiger partial charge in [0.15, 0.2) is 0 Å². The highest BCUT2D eigenvalue weighted by Gasteiger charge is 2.41. The van der Waals surface area contributed by atoms with E-state index in [2.05, 4.69) is 32.6 Å². The minimum absolute atomic E-state index is 0.398. The molecule has 1 aliphatic heterocycles. The summed E-state index contributed by atoms with van der Waals surface area (Å²) in [6, 6.07) is 0.722. The Labute approximate surface area is 94.0 Å². The van der Waals surface area contributed by atoms with Crippen molar-refractivity contribution in [3.05, 3.63) is 0 Å². The van der Waals surface area contributed by atoms with Crippen LogP contribution < -0.4 is 0 Å². The van der Waals surface area contributed by atoms with Crippen LogP contribution >= 0.6 is 0 Å². The van der Waals surface area contributed by atoms with Crippen LogP contribution in [0.1, 0.15) is 40.5 Å². The molecule has 1 saturated carbocycles. The zero-order chi connectivity index (χ0) is 11.0. The molecule has 2 heteroatoms. The van der Waals surface area contributed by atoms with Crippen LogP contribution in [0.5, 0.6) is 0 Å². The van der Waals surface area contributed by atoms with E-state index >= 15 is 0 Å². The number of nitrogens with zero attached hydrogens (tertiary/aromatic N) is 1. The van der Waals surface area contributed by atoms with E-state index in [9.17, 15) is 0 Å². The smallest absolute Gasteiger partial charge is 0.0585 e. The summed E-state index contributed by atoms with van der Waals surface area (Å²) < 4.78 is 5.92. The van der Waals surface area contributed by atoms with E-state index in [1.165, 1.54) is 25.9 Å². The number of likely N-dealkylation sites (tertiary alicyclic amines) is 1. The van der Waals surface area contributed by atoms with Gasteiger partial charge in [0.1, 0.15) is 0 Å². The Morgan fingerprint density at radius 1 is 1.00 bits per heavy atom. The molecule has 1 unspecified atom stereocenters. The van der Waals surface area contributed by atoms with Crippen LogP contribution in [0, 0.1) is 11.8 Å². The summed E-state index contributed by atoms with van der Waals surface area (Å²) in [6.45, 7) is 11.5. The lowest BCUT2D eigenvalue weighted by atomic mass is 10.0. The van der Waals surface area contributed by atoms with Crippen LogP contribution in [0.4, 0.5) is 0 Å². The lowest BCUT2D eigenvalue weighted by Crippen LogP contribution is -2.30. The van der Waals surface area contributed by atoms with Crippen molar-refractivity contribution < 1.29 is 4.74 Å². The van der Waals surface area contributed by atoms with E-state index in [4.69, 9.17) is 4.74 Å². The fourth-order valence-electron chi connectivity index (χ4n) is 3.20. The molecule has 0 aromatic rings. The Kier molecular flexibility index (Phi) is 3.36. The quantitative estimate of drug-likeness (QED) is 0.711. The first kappa shape index (κ1) is 11.4. The Morgan fingerprint density at radius 2 is 1.53 bits per heavy atom. The second-order valence-corrected chi connectivity index (χ2v) is 5.85. The zero-order valence-corrected chi connectivity index (χ0v) is 10.6. The summed E-state index contributed by atoms with van der Waals surface area (Å²) in [4.78, 5) is 2.63. The van der Waals surface area contributed by atoms with Gasteiger partial charge in [0.05, 0.1) is 12.2 Å². The van der Waals surface area contributed by atoms with Crippen molar-refractivity contribution in [2.75, 3.05) is 13.1 Å². The number of hydrogen-bond acceptors (Lipinski definition) is 2. The van der Waals surface area contributed by atoms with E-state index in [1.54, 1.807) is 0 Å². The summed E-state index contributed by atoms with van der Waals surface area (Å²) in [5.74, 6) is 1.83. The van der Waals surface area contributed by atoms with Crippen molar-refractivity contribution in [2.24, 2.45) is 11.8 Å². The summed E-state index contributed by atoms with van der Waals surface area (Å²) >= 11 is 0. The minimum Gasteiger partial charge on any atom is -0.376 e. The molecule has 2 rings (SSSR count). The van der Waals surface area contributed by atoms with Gasteiger partial charge in [0.2, 0.25) is 0 Å². The molecule has 88 valence electrons. The molecule has 1 heterocycles. The van der Waals surface area contributed by atoms with E-state index in [0.29, 0.717) is 12.2 Å². The summed E-state index contributed by atoms with van der Waals surface area (Å²) in [5.41, 5.74) is 0. The van der Waals surface area contributed by atoms with E-state index in [0.717, 1.165) is 17.9 Å². The molecule has 2 nitrogen and oxygen atoms in total. The Balaban J connectivity index is 1.83. The molecular weight excluding hydrogens is 186 g/mol. The highest BCUT2D eigenvalue weighted by Crippen LogP contribution is 2.40. The van der Waals surface area contributed by atoms with E-state index < -0.39 is 0 Å². The third-order valence-corrected chi connectivity index (χ3v) is 3.93. The molecule has 0 N–H and O–H groups in total. The molecular formula is C13H25NO. The Bertz CT molecular complexity index is 201. The number of rotatable bonds is 3. The molecule has 1 saturated heterocycles. The Morgan fingerprint density at radius 3 is 1.93 bits per heavy atom. The SMILES string of the molecule is CC(C)OC1C[C@@H]2CN(C(C)C)C[C@@H]2C1. The standard InChI is InChI=1S/C13H25NO/c1-9(2)14-7-11-5-13(15-10(3)4)6-12(11)8-14/h9-13H,5-8H2,1-4H3/t11-,12+,13?. The molecule has 0 amide bonds. The molecule has 3 atom stereocenters. The molecule has 15 heavy (non-hydrogen) atoms. The highest BCUT2D eigenvalue weighted by atomic mass is 16.5. The molecule has 2 aliphatic rings. The maximum Gasteiger partial charge on any atom is 0.0585 e. The Hall–Kier alpha value is -0.0800. The monoisotopic (exact) mass is 211 g/mol. The molecule has 0 radical (unpaired) electrons. The molecule has 0 aromatic heterocycles. The van der Waals surface area contributed by atoms with Gasteiger partial charge in [-0.15, -0.1) is 0 Å². The lowest BCUT2D eigenvalue weighted by molar-refractivity contribution is 0.00553. The third kappa shape index (κ3) is 2.54. The van der Waals surface area contributed by atoms with Crippen LogP contribution in [-0.2, 0) is 4.74 Å². The predicted octanol–water partition coefficient (Wildman–Crippen LogP) is 2.53. The van der Waals surface area contributed by atoms with Gasteiger partial charge in [-0.05, 0) is 52.4 Å². The highest BCUT2D eigenvalue weighted by molar-refractivity contribution is 4.93. The second kappa shape index (κ2) is 4.42. The van der Waals surface area contributed by atoms with Crippen LogP contribution in [-0.4, -0.2) is 36.2 Å². The molecule has 0 aromatic carbocycles. The topological polar surface area (TPSA) is 12.5 Å². The second-order valence-electron chi connectivity index (χ2n) is 5.85. The van der Waals surface area contributed by atoms with Crippen molar-refractivity contribution in [1.82, 2.24) is 4.90 Å². The average molecular weight is 211 g/mol. The van der Waals surface area contributed by atoms with Crippen molar-refractivity contribution >= 4 is 0 Å². The van der Waals surface area contributed by atoms with Gasteiger partial charge in [-0.25, -0.2) is 0 Å². The van der Waals surface area contributed by atoms with Crippen LogP contribution in [0.15, 0.2) is 0 Å².